The highest BCUT2D eigenvalue weighted by atomic mass is 32.3. The predicted molar refractivity (Wildman–Crippen MR) is 111 cm³/mol. The fraction of sp³-hybridized carbons (Fsp3) is 0.368. The number of aromatic hydroxyl groups is 1. The van der Waals surface area contributed by atoms with E-state index in [1.54, 1.807) is 0 Å². The Morgan fingerprint density at radius 3 is 2.22 bits per heavy atom. The highest BCUT2D eigenvalue weighted by Crippen LogP contribution is 2.49. The van der Waals surface area contributed by atoms with E-state index in [0.29, 0.717) is 6.07 Å². The van der Waals surface area contributed by atoms with Crippen LogP contribution in [-0.2, 0) is 24.7 Å². The van der Waals surface area contributed by atoms with Gasteiger partial charge < -0.3 is 48.7 Å². The van der Waals surface area contributed by atoms with Crippen molar-refractivity contribution in [3.63, 3.8) is 0 Å². The number of rotatable bonds is 6. The Morgan fingerprint density at radius 2 is 1.65 bits per heavy atom. The van der Waals surface area contributed by atoms with Crippen LogP contribution in [0.2, 0.25) is 0 Å². The molecule has 1 aliphatic carbocycles. The molecule has 7 N–H and O–H groups in total. The van der Waals surface area contributed by atoms with Crippen LogP contribution in [0.5, 0.6) is 17.2 Å². The van der Waals surface area contributed by atoms with Crippen LogP contribution in [0.15, 0.2) is 15.3 Å². The minimum atomic E-state index is -5.53. The van der Waals surface area contributed by atoms with Crippen molar-refractivity contribution in [2.24, 2.45) is 0 Å². The summed E-state index contributed by atoms with van der Waals surface area (Å²) in [6.07, 6.45) is -11.7. The Hall–Kier alpha value is -3.81. The van der Waals surface area contributed by atoms with E-state index in [4.69, 9.17) is 13.9 Å². The van der Waals surface area contributed by atoms with Crippen LogP contribution in [-0.4, -0.2) is 92.0 Å². The van der Waals surface area contributed by atoms with Gasteiger partial charge in [-0.05, 0) is 6.07 Å². The largest absolute Gasteiger partial charge is 0.504 e. The minimum absolute atomic E-state index is 0.570. The molecule has 6 atom stereocenters. The summed E-state index contributed by atoms with van der Waals surface area (Å²) in [5.74, 6) is -10.4. The number of carboxylic acid groups (broad SMARTS) is 2. The Morgan fingerprint density at radius 1 is 1.00 bits per heavy atom. The lowest BCUT2D eigenvalue weighted by Crippen LogP contribution is -2.61. The standard InChI is InChI=1S/C19H16O17S/c20-5-1-3(16(25)26)7-8-4(18(29)33-12(5)7)2-6(21)13(14(8)36-37(30,31)32)34-19-11(24)9(22)10(23)15(35-19)17(27)28/h2-3,9-11,15,19,21-24H,1H2,(H,25,26)(H,27,28)(H,30,31,32). The summed E-state index contributed by atoms with van der Waals surface area (Å²) in [5, 5.41) is 57.8. The van der Waals surface area contributed by atoms with E-state index in [2.05, 4.69) is 4.18 Å². The molecule has 37 heavy (non-hydrogen) atoms. The Balaban J connectivity index is 2.00. The molecule has 1 aromatic heterocycles. The van der Waals surface area contributed by atoms with Crippen molar-refractivity contribution in [1.82, 2.24) is 0 Å². The molecule has 2 aromatic rings. The molecule has 0 saturated carbocycles. The van der Waals surface area contributed by atoms with Crippen molar-refractivity contribution in [3.8, 4) is 17.2 Å². The van der Waals surface area contributed by atoms with Gasteiger partial charge in [0.25, 0.3) is 0 Å². The number of phenolic OH excluding ortho intramolecular Hbond substituents is 1. The number of carbonyl (C=O) groups excluding carboxylic acids is 1. The number of aliphatic hydroxyl groups is 3. The van der Waals surface area contributed by atoms with Gasteiger partial charge in [-0.1, -0.05) is 0 Å². The van der Waals surface area contributed by atoms with Gasteiger partial charge in [-0.2, -0.15) is 8.42 Å². The lowest BCUT2D eigenvalue weighted by atomic mass is 9.96. The van der Waals surface area contributed by atoms with Gasteiger partial charge in [-0.25, -0.2) is 9.59 Å². The molecule has 0 spiro atoms. The number of hydrogen-bond acceptors (Lipinski definition) is 14. The number of Topliss-reactive ketones (excluding diaryl/α,β-unsaturated/α-hetero) is 1. The van der Waals surface area contributed by atoms with Gasteiger partial charge in [0, 0.05) is 17.4 Å². The number of aliphatic carboxylic acids is 2. The van der Waals surface area contributed by atoms with Gasteiger partial charge in [-0.3, -0.25) is 14.1 Å². The zero-order valence-electron chi connectivity index (χ0n) is 17.9. The van der Waals surface area contributed by atoms with Gasteiger partial charge >= 0.3 is 28.0 Å². The maximum absolute atomic E-state index is 12.5. The molecule has 1 aliphatic heterocycles. The number of carbonyl (C=O) groups is 3. The summed E-state index contributed by atoms with van der Waals surface area (Å²) >= 11 is 0. The van der Waals surface area contributed by atoms with Crippen molar-refractivity contribution in [3.05, 3.63) is 27.8 Å². The lowest BCUT2D eigenvalue weighted by Gasteiger charge is -2.38. The Bertz CT molecular complexity index is 1490. The molecule has 1 saturated heterocycles. The summed E-state index contributed by atoms with van der Waals surface area (Å²) in [4.78, 5) is 48.0. The third-order valence-electron chi connectivity index (χ3n) is 5.67. The predicted octanol–water partition coefficient (Wildman–Crippen LogP) is -2.29. The first-order valence-corrected chi connectivity index (χ1v) is 11.4. The quantitative estimate of drug-likeness (QED) is 0.187. The summed E-state index contributed by atoms with van der Waals surface area (Å²) in [5.41, 5.74) is -1.92. The van der Waals surface area contributed by atoms with Crippen molar-refractivity contribution in [2.45, 2.75) is 43.0 Å². The summed E-state index contributed by atoms with van der Waals surface area (Å²) in [7, 11) is -5.53. The zero-order valence-corrected chi connectivity index (χ0v) is 18.7. The van der Waals surface area contributed by atoms with Crippen LogP contribution in [0.4, 0.5) is 0 Å². The molecule has 6 unspecified atom stereocenters. The smallest absolute Gasteiger partial charge is 0.446 e. The van der Waals surface area contributed by atoms with E-state index < -0.39 is 116 Å². The summed E-state index contributed by atoms with van der Waals surface area (Å²) in [6, 6.07) is 0.588. The third-order valence-corrected chi connectivity index (χ3v) is 6.05. The molecular weight excluding hydrogens is 532 g/mol. The average molecular weight is 548 g/mol. The SMILES string of the molecule is O=C1CC(C(=O)O)c2c1oc(=O)c1cc(O)c(OC3OC(C(=O)O)C(O)C(O)C3O)c(OS(=O)(=O)O)c21. The number of hydrogen-bond donors (Lipinski definition) is 7. The fourth-order valence-electron chi connectivity index (χ4n) is 4.07. The van der Waals surface area contributed by atoms with Crippen molar-refractivity contribution in [2.75, 3.05) is 0 Å². The van der Waals surface area contributed by atoms with Crippen LogP contribution in [0.25, 0.3) is 10.8 Å². The number of ether oxygens (including phenoxy) is 2. The maximum atomic E-state index is 12.5. The number of phenols is 1. The van der Waals surface area contributed by atoms with Gasteiger partial charge in [0.1, 0.15) is 18.3 Å². The molecule has 2 heterocycles. The molecule has 0 amide bonds. The first kappa shape index (κ1) is 26.3. The monoisotopic (exact) mass is 548 g/mol. The molecule has 1 aromatic carbocycles. The van der Waals surface area contributed by atoms with E-state index in [-0.39, 0.29) is 0 Å². The molecule has 0 bridgehead atoms. The van der Waals surface area contributed by atoms with Gasteiger partial charge in [-0.15, -0.1) is 0 Å². The van der Waals surface area contributed by atoms with E-state index in [1.165, 1.54) is 0 Å². The van der Waals surface area contributed by atoms with Crippen molar-refractivity contribution < 1.29 is 76.1 Å². The Labute approximate surface area is 203 Å². The van der Waals surface area contributed by atoms with Crippen molar-refractivity contribution in [1.29, 1.82) is 0 Å². The molecule has 17 nitrogen and oxygen atoms in total. The second-order valence-electron chi connectivity index (χ2n) is 7.99. The number of aliphatic hydroxyl groups excluding tert-OH is 3. The van der Waals surface area contributed by atoms with E-state index >= 15 is 0 Å². The molecule has 1 fully saturated rings. The maximum Gasteiger partial charge on any atom is 0.446 e. The van der Waals surface area contributed by atoms with Crippen molar-refractivity contribution >= 4 is 38.9 Å². The molecular formula is C19H16O17S. The molecule has 0 radical (unpaired) electrons. The van der Waals surface area contributed by atoms with Crippen LogP contribution in [0, 0.1) is 0 Å². The normalized spacial score (nSPS) is 27.6. The van der Waals surface area contributed by atoms with E-state index in [9.17, 15) is 62.8 Å². The number of fused-ring (bicyclic) bond motifs is 3. The van der Waals surface area contributed by atoms with Crippen LogP contribution in [0.1, 0.15) is 28.5 Å². The number of carboxylic acids is 2. The van der Waals surface area contributed by atoms with E-state index in [0.717, 1.165) is 0 Å². The summed E-state index contributed by atoms with van der Waals surface area (Å²) in [6.45, 7) is 0. The summed E-state index contributed by atoms with van der Waals surface area (Å²) < 4.78 is 52.0. The Kier molecular flexibility index (Phi) is 6.34. The minimum Gasteiger partial charge on any atom is -0.504 e. The highest BCUT2D eigenvalue weighted by Gasteiger charge is 2.49. The van der Waals surface area contributed by atoms with Crippen LogP contribution < -0.4 is 14.5 Å². The first-order valence-electron chi connectivity index (χ1n) is 10.0. The fourth-order valence-corrected chi connectivity index (χ4v) is 4.44. The molecule has 18 heteroatoms. The van der Waals surface area contributed by atoms with Gasteiger partial charge in [0.05, 0.1) is 11.3 Å². The average Bonchev–Trinajstić information content (AvgIpc) is 3.11. The first-order chi connectivity index (χ1) is 17.1. The lowest BCUT2D eigenvalue weighted by molar-refractivity contribution is -0.271. The highest BCUT2D eigenvalue weighted by molar-refractivity contribution is 7.81. The van der Waals surface area contributed by atoms with Gasteiger partial charge in [0.2, 0.25) is 12.0 Å². The third kappa shape index (κ3) is 4.45. The van der Waals surface area contributed by atoms with Crippen LogP contribution in [0.3, 0.4) is 0 Å². The topological polar surface area (TPSA) is 285 Å². The van der Waals surface area contributed by atoms with Gasteiger partial charge in [0.15, 0.2) is 29.1 Å². The van der Waals surface area contributed by atoms with Crippen LogP contribution >= 0.6 is 0 Å². The van der Waals surface area contributed by atoms with E-state index in [1.807, 2.05) is 0 Å². The second kappa shape index (κ2) is 8.94. The number of benzene rings is 1. The molecule has 4 rings (SSSR count). The zero-order chi connectivity index (χ0) is 27.6. The number of ketones is 1. The molecule has 2 aliphatic rings. The second-order valence-corrected chi connectivity index (χ2v) is 9.01. The molecule has 200 valence electrons.